The fourth-order valence-electron chi connectivity index (χ4n) is 8.02. The zero-order valence-corrected chi connectivity index (χ0v) is 38.6. The maximum Gasteiger partial charge on any atom is 0.244 e. The summed E-state index contributed by atoms with van der Waals surface area (Å²) in [5.74, 6) is 0. The number of rotatable bonds is 38. The van der Waals surface area contributed by atoms with E-state index < -0.39 is 0 Å². The second-order valence-electron chi connectivity index (χ2n) is 17.1. The van der Waals surface area contributed by atoms with Crippen LogP contribution in [0.5, 0.6) is 0 Å². The summed E-state index contributed by atoms with van der Waals surface area (Å²) in [5.41, 5.74) is 2.02. The number of aromatic nitrogens is 8. The molecule has 0 aliphatic heterocycles. The van der Waals surface area contributed by atoms with Crippen LogP contribution >= 0.6 is 0 Å². The molecule has 0 fully saturated rings. The first-order valence-corrected chi connectivity index (χ1v) is 24.0. The maximum atomic E-state index is 4.54. The number of unbranched alkanes of at least 4 members (excludes halogenated alkanes) is 30. The van der Waals surface area contributed by atoms with Gasteiger partial charge in [0.05, 0.1) is 12.4 Å². The van der Waals surface area contributed by atoms with Crippen molar-refractivity contribution in [2.24, 2.45) is 0 Å². The average molecular weight is 844 g/mol. The summed E-state index contributed by atoms with van der Waals surface area (Å²) in [6.07, 6.45) is 55.3. The molecule has 0 saturated heterocycles. The minimum atomic E-state index is 0. The van der Waals surface area contributed by atoms with Crippen molar-refractivity contribution in [1.29, 1.82) is 0 Å². The molecule has 3 heterocycles. The molecular formula is C47H87BrN8. The zero-order valence-electron chi connectivity index (χ0n) is 37.0. The zero-order chi connectivity index (χ0) is 39.0. The van der Waals surface area contributed by atoms with Crippen molar-refractivity contribution < 1.29 is 21.5 Å². The smallest absolute Gasteiger partial charge is 0.244 e. The Balaban J connectivity index is 0.0000108. The third-order valence-corrected chi connectivity index (χ3v) is 12.0. The molecule has 322 valence electrons. The van der Waals surface area contributed by atoms with Crippen LogP contribution in [0.2, 0.25) is 0 Å². The number of hydrogen-bond acceptors (Lipinski definition) is 4. The van der Waals surface area contributed by atoms with Gasteiger partial charge in [-0.1, -0.05) is 217 Å². The van der Waals surface area contributed by atoms with Crippen molar-refractivity contribution in [3.63, 3.8) is 0 Å². The van der Waals surface area contributed by atoms with E-state index in [1.54, 1.807) is 0 Å². The number of halogens is 1. The Hall–Kier alpha value is -2.03. The fourth-order valence-corrected chi connectivity index (χ4v) is 8.02. The van der Waals surface area contributed by atoms with Crippen molar-refractivity contribution in [3.8, 4) is 0 Å². The number of nitrogens with zero attached hydrogens (tertiary/aromatic N) is 8. The van der Waals surface area contributed by atoms with Crippen molar-refractivity contribution in [2.45, 2.75) is 258 Å². The third kappa shape index (κ3) is 22.8. The van der Waals surface area contributed by atoms with Gasteiger partial charge in [-0.15, -0.1) is 10.2 Å². The van der Waals surface area contributed by atoms with E-state index in [4.69, 9.17) is 0 Å². The second-order valence-corrected chi connectivity index (χ2v) is 17.1. The average Bonchev–Trinajstić information content (AvgIpc) is 3.99. The summed E-state index contributed by atoms with van der Waals surface area (Å²) >= 11 is 0. The van der Waals surface area contributed by atoms with Crippen LogP contribution in [-0.4, -0.2) is 34.6 Å². The molecule has 0 N–H and O–H groups in total. The highest BCUT2D eigenvalue weighted by Gasteiger charge is 2.22. The Morgan fingerprint density at radius 1 is 0.464 bits per heavy atom. The molecule has 2 unspecified atom stereocenters. The van der Waals surface area contributed by atoms with Gasteiger partial charge < -0.3 is 17.0 Å². The number of aryl methyl sites for hydroxylation is 2. The van der Waals surface area contributed by atoms with Gasteiger partial charge in [-0.3, -0.25) is 9.36 Å². The SMILES string of the molecule is CCCCCCCCCCCCCCCCCCn1cc(C(C)n2cc[n+](C(C)c3cn(CCCCCCCCCCCCCCCCCC)nn3)c2)nn1.[Br-]. The largest absolute Gasteiger partial charge is 1.00 e. The Bertz CT molecular complexity index is 1190. The molecule has 0 amide bonds. The van der Waals surface area contributed by atoms with E-state index in [1.807, 2.05) is 9.36 Å². The minimum Gasteiger partial charge on any atom is -1.00 e. The lowest BCUT2D eigenvalue weighted by atomic mass is 10.0. The number of hydrogen-bond donors (Lipinski definition) is 0. The van der Waals surface area contributed by atoms with Gasteiger partial charge in [0.2, 0.25) is 6.33 Å². The van der Waals surface area contributed by atoms with Crippen LogP contribution in [0.1, 0.15) is 257 Å². The molecule has 0 spiro atoms. The first-order valence-electron chi connectivity index (χ1n) is 24.0. The summed E-state index contributed by atoms with van der Waals surface area (Å²) in [6.45, 7) is 10.9. The molecular weight excluding hydrogens is 756 g/mol. The summed E-state index contributed by atoms with van der Waals surface area (Å²) in [5, 5.41) is 18.0. The molecule has 0 saturated carbocycles. The topological polar surface area (TPSA) is 70.2 Å². The van der Waals surface area contributed by atoms with Crippen molar-refractivity contribution in [2.75, 3.05) is 0 Å². The van der Waals surface area contributed by atoms with Gasteiger partial charge in [0, 0.05) is 13.1 Å². The van der Waals surface area contributed by atoms with Gasteiger partial charge in [0.15, 0.2) is 0 Å². The minimum absolute atomic E-state index is 0. The van der Waals surface area contributed by atoms with E-state index in [-0.39, 0.29) is 29.1 Å². The fraction of sp³-hybridized carbons (Fsp3) is 0.851. The van der Waals surface area contributed by atoms with Gasteiger partial charge in [0.1, 0.15) is 35.9 Å². The standard InChI is InChI=1S/C47H87N8.BrH/c1-5-7-9-11-13-15-17-19-21-23-25-27-29-31-33-35-37-54-41-46(48-50-54)44(3)52-39-40-53(43-52)45(4)47-42-55(51-49-47)38-36-34-32-30-28-26-24-22-20-18-16-14-12-10-8-6-2;/h39-45H,5-38H2,1-4H3;1H/q+1;/p-1. The van der Waals surface area contributed by atoms with Crippen LogP contribution in [-0.2, 0) is 13.1 Å². The summed E-state index contributed by atoms with van der Waals surface area (Å²) < 4.78 is 8.52. The molecule has 9 heteroatoms. The van der Waals surface area contributed by atoms with Crippen molar-refractivity contribution in [1.82, 2.24) is 34.6 Å². The Morgan fingerprint density at radius 3 is 1.16 bits per heavy atom. The predicted octanol–water partition coefficient (Wildman–Crippen LogP) is 10.7. The molecule has 0 aromatic carbocycles. The normalized spacial score (nSPS) is 12.6. The highest BCUT2D eigenvalue weighted by molar-refractivity contribution is 5.02. The Labute approximate surface area is 355 Å². The highest BCUT2D eigenvalue weighted by Crippen LogP contribution is 2.18. The lowest BCUT2D eigenvalue weighted by Gasteiger charge is -2.06. The van der Waals surface area contributed by atoms with Crippen LogP contribution in [0, 0.1) is 0 Å². The molecule has 8 nitrogen and oxygen atoms in total. The summed E-state index contributed by atoms with van der Waals surface area (Å²) in [7, 11) is 0. The second kappa shape index (κ2) is 33.9. The van der Waals surface area contributed by atoms with Gasteiger partial charge >= 0.3 is 0 Å². The molecule has 3 aromatic rings. The van der Waals surface area contributed by atoms with Gasteiger partial charge in [-0.05, 0) is 26.7 Å². The molecule has 0 aliphatic rings. The van der Waals surface area contributed by atoms with Crippen LogP contribution in [0.25, 0.3) is 0 Å². The van der Waals surface area contributed by atoms with Gasteiger partial charge in [-0.25, -0.2) is 9.13 Å². The summed E-state index contributed by atoms with van der Waals surface area (Å²) in [4.78, 5) is 0. The lowest BCUT2D eigenvalue weighted by molar-refractivity contribution is -0.710. The van der Waals surface area contributed by atoms with Crippen LogP contribution in [0.4, 0.5) is 0 Å². The van der Waals surface area contributed by atoms with E-state index >= 15 is 0 Å². The molecule has 3 aromatic heterocycles. The lowest BCUT2D eigenvalue weighted by Crippen LogP contribution is -3.00. The first kappa shape index (κ1) is 50.1. The summed E-state index contributed by atoms with van der Waals surface area (Å²) in [6, 6.07) is 0.247. The quantitative estimate of drug-likeness (QED) is 0.0426. The van der Waals surface area contributed by atoms with E-state index in [9.17, 15) is 0 Å². The van der Waals surface area contributed by atoms with Gasteiger partial charge in [-0.2, -0.15) is 0 Å². The molecule has 0 radical (unpaired) electrons. The predicted molar refractivity (Wildman–Crippen MR) is 231 cm³/mol. The molecule has 0 aliphatic carbocycles. The van der Waals surface area contributed by atoms with E-state index in [0.29, 0.717) is 0 Å². The highest BCUT2D eigenvalue weighted by atomic mass is 79.9. The number of imidazole rings is 1. The van der Waals surface area contributed by atoms with Crippen molar-refractivity contribution >= 4 is 0 Å². The molecule has 2 atom stereocenters. The monoisotopic (exact) mass is 843 g/mol. The Morgan fingerprint density at radius 2 is 0.786 bits per heavy atom. The molecule has 3 rings (SSSR count). The molecule has 56 heavy (non-hydrogen) atoms. The molecule has 0 bridgehead atoms. The van der Waals surface area contributed by atoms with Gasteiger partial charge in [0.25, 0.3) is 0 Å². The van der Waals surface area contributed by atoms with Crippen LogP contribution in [0.15, 0.2) is 31.1 Å². The first-order chi connectivity index (χ1) is 27.1. The van der Waals surface area contributed by atoms with Crippen LogP contribution < -0.4 is 21.5 Å². The maximum absolute atomic E-state index is 4.54. The van der Waals surface area contributed by atoms with E-state index in [1.165, 1.54) is 205 Å². The van der Waals surface area contributed by atoms with Crippen LogP contribution in [0.3, 0.4) is 0 Å². The van der Waals surface area contributed by atoms with E-state index in [2.05, 4.69) is 88.6 Å². The Kier molecular flexibility index (Phi) is 30.3. The third-order valence-electron chi connectivity index (χ3n) is 12.0. The van der Waals surface area contributed by atoms with E-state index in [0.717, 1.165) is 24.5 Å². The van der Waals surface area contributed by atoms with Crippen molar-refractivity contribution in [3.05, 3.63) is 42.5 Å².